The molecule has 0 aliphatic carbocycles. The average Bonchev–Trinajstić information content (AvgIpc) is 2.47. The fourth-order valence-corrected chi connectivity index (χ4v) is 2.75. The molecule has 0 spiro atoms. The van der Waals surface area contributed by atoms with Crippen molar-refractivity contribution in [2.24, 2.45) is 0 Å². The van der Waals surface area contributed by atoms with E-state index in [1.54, 1.807) is 0 Å². The van der Waals surface area contributed by atoms with Crippen molar-refractivity contribution in [1.29, 1.82) is 0 Å². The van der Waals surface area contributed by atoms with Crippen molar-refractivity contribution in [3.8, 4) is 0 Å². The fourth-order valence-electron chi connectivity index (χ4n) is 2.75. The molecular weight excluding hydrogens is 308 g/mol. The maximum Gasteiger partial charge on any atom is 0.332 e. The van der Waals surface area contributed by atoms with Gasteiger partial charge in [0.15, 0.2) is 0 Å². The second-order valence-electron chi connectivity index (χ2n) is 6.07. The normalized spacial score (nSPS) is 23.6. The topological polar surface area (TPSA) is 76.7 Å². The van der Waals surface area contributed by atoms with Gasteiger partial charge in [-0.1, -0.05) is 0 Å². The Bertz CT molecular complexity index is 645. The maximum atomic E-state index is 11.4. The van der Waals surface area contributed by atoms with Gasteiger partial charge in [0, 0.05) is 47.8 Å². The summed E-state index contributed by atoms with van der Waals surface area (Å²) in [6.45, 7) is 3.73. The van der Waals surface area contributed by atoms with Crippen LogP contribution < -0.4 is 10.6 Å². The summed E-state index contributed by atoms with van der Waals surface area (Å²) in [6, 6.07) is 7.66. The molecule has 2 N–H and O–H groups in total. The molecule has 0 radical (unpaired) electrons. The van der Waals surface area contributed by atoms with E-state index in [0.29, 0.717) is 12.8 Å². The molecule has 2 aliphatic rings. The van der Waals surface area contributed by atoms with Gasteiger partial charge >= 0.3 is 11.9 Å². The highest BCUT2D eigenvalue weighted by molar-refractivity contribution is 5.85. The Hall–Kier alpha value is -2.76. The second-order valence-corrected chi connectivity index (χ2v) is 6.07. The van der Waals surface area contributed by atoms with Crippen molar-refractivity contribution >= 4 is 23.3 Å². The molecule has 24 heavy (non-hydrogen) atoms. The van der Waals surface area contributed by atoms with Gasteiger partial charge in [0.2, 0.25) is 0 Å². The van der Waals surface area contributed by atoms with Gasteiger partial charge in [0.25, 0.3) is 0 Å². The highest BCUT2D eigenvalue weighted by Gasteiger charge is 2.18. The maximum absolute atomic E-state index is 11.4. The lowest BCUT2D eigenvalue weighted by Gasteiger charge is -2.22. The van der Waals surface area contributed by atoms with E-state index in [4.69, 9.17) is 9.47 Å². The van der Waals surface area contributed by atoms with Crippen LogP contribution in [0.1, 0.15) is 26.7 Å². The van der Waals surface area contributed by atoms with Crippen LogP contribution in [-0.4, -0.2) is 24.1 Å². The van der Waals surface area contributed by atoms with Crippen LogP contribution in [0.25, 0.3) is 0 Å². The molecule has 2 atom stereocenters. The summed E-state index contributed by atoms with van der Waals surface area (Å²) in [7, 11) is 0. The lowest BCUT2D eigenvalue weighted by atomic mass is 10.1. The predicted octanol–water partition coefficient (Wildman–Crippen LogP) is 2.95. The average molecular weight is 328 g/mol. The molecular formula is C18H20N2O4. The van der Waals surface area contributed by atoms with E-state index >= 15 is 0 Å². The van der Waals surface area contributed by atoms with Gasteiger partial charge in [-0.15, -0.1) is 0 Å². The summed E-state index contributed by atoms with van der Waals surface area (Å²) in [5.74, 6) is -0.639. The van der Waals surface area contributed by atoms with Gasteiger partial charge in [0.1, 0.15) is 12.2 Å². The zero-order chi connectivity index (χ0) is 17.1. The van der Waals surface area contributed by atoms with Crippen LogP contribution in [0.5, 0.6) is 0 Å². The minimum Gasteiger partial charge on any atom is -0.459 e. The molecule has 2 heterocycles. The third-order valence-electron chi connectivity index (χ3n) is 3.73. The van der Waals surface area contributed by atoms with Crippen LogP contribution in [0.15, 0.2) is 47.8 Å². The number of ether oxygens (including phenoxy) is 2. The predicted molar refractivity (Wildman–Crippen MR) is 90.2 cm³/mol. The third-order valence-corrected chi connectivity index (χ3v) is 3.73. The summed E-state index contributed by atoms with van der Waals surface area (Å²) < 4.78 is 10.1. The number of anilines is 2. The minimum absolute atomic E-state index is 0.120. The quantitative estimate of drug-likeness (QED) is 0.828. The monoisotopic (exact) mass is 328 g/mol. The Morgan fingerprint density at radius 1 is 0.792 bits per heavy atom. The summed E-state index contributed by atoms with van der Waals surface area (Å²) in [4.78, 5) is 22.8. The first-order chi connectivity index (χ1) is 11.5. The first kappa shape index (κ1) is 16.1. The minimum atomic E-state index is -0.320. The van der Waals surface area contributed by atoms with E-state index in [1.165, 1.54) is 12.2 Å². The first-order valence-corrected chi connectivity index (χ1v) is 7.94. The molecule has 0 saturated heterocycles. The van der Waals surface area contributed by atoms with Crippen molar-refractivity contribution in [2.75, 3.05) is 10.6 Å². The zero-order valence-electron chi connectivity index (χ0n) is 13.7. The summed E-state index contributed by atoms with van der Waals surface area (Å²) in [6.07, 6.45) is 4.05. The number of hydrogen-bond donors (Lipinski definition) is 2. The van der Waals surface area contributed by atoms with Crippen LogP contribution in [-0.2, 0) is 19.1 Å². The molecule has 0 saturated carbocycles. The van der Waals surface area contributed by atoms with Crippen molar-refractivity contribution in [2.45, 2.75) is 38.9 Å². The zero-order valence-corrected chi connectivity index (χ0v) is 13.7. The van der Waals surface area contributed by atoms with Crippen LogP contribution >= 0.6 is 0 Å². The van der Waals surface area contributed by atoms with Crippen molar-refractivity contribution in [3.05, 3.63) is 47.8 Å². The Balaban J connectivity index is 1.63. The van der Waals surface area contributed by atoms with E-state index in [-0.39, 0.29) is 24.1 Å². The van der Waals surface area contributed by atoms with Gasteiger partial charge in [0.05, 0.1) is 0 Å². The van der Waals surface area contributed by atoms with Gasteiger partial charge in [-0.3, -0.25) is 0 Å². The molecule has 6 heteroatoms. The van der Waals surface area contributed by atoms with Crippen molar-refractivity contribution in [1.82, 2.24) is 0 Å². The number of rotatable bonds is 4. The van der Waals surface area contributed by atoms with E-state index in [1.807, 2.05) is 38.1 Å². The number of carbonyl (C=O) groups excluding carboxylic acids is 2. The number of hydrogen-bond acceptors (Lipinski definition) is 6. The van der Waals surface area contributed by atoms with Crippen molar-refractivity contribution in [3.63, 3.8) is 0 Å². The Kier molecular flexibility index (Phi) is 4.55. The standard InChI is InChI=1S/C18H20N2O4/c1-11-7-15(9-17(21)23-11)19-13-3-5-14(6-4-13)20-16-8-12(2)24-18(22)10-16/h3-6,9-12,19-20H,7-8H2,1-2H3/t11-,12+. The second kappa shape index (κ2) is 6.78. The van der Waals surface area contributed by atoms with E-state index in [2.05, 4.69) is 10.6 Å². The molecule has 0 unspecified atom stereocenters. The smallest absolute Gasteiger partial charge is 0.332 e. The van der Waals surface area contributed by atoms with Crippen LogP contribution in [0.2, 0.25) is 0 Å². The highest BCUT2D eigenvalue weighted by atomic mass is 16.5. The Morgan fingerprint density at radius 3 is 1.50 bits per heavy atom. The van der Waals surface area contributed by atoms with Gasteiger partial charge in [-0.05, 0) is 38.1 Å². The Morgan fingerprint density at radius 2 is 1.17 bits per heavy atom. The van der Waals surface area contributed by atoms with Crippen LogP contribution in [0.4, 0.5) is 11.4 Å². The van der Waals surface area contributed by atoms with Crippen LogP contribution in [0, 0.1) is 0 Å². The molecule has 6 nitrogen and oxygen atoms in total. The number of nitrogens with one attached hydrogen (secondary N) is 2. The van der Waals surface area contributed by atoms with Crippen molar-refractivity contribution < 1.29 is 19.1 Å². The molecule has 2 aliphatic heterocycles. The number of carbonyl (C=O) groups is 2. The van der Waals surface area contributed by atoms with Gasteiger partial charge in [-0.25, -0.2) is 9.59 Å². The Labute approximate surface area is 140 Å². The van der Waals surface area contributed by atoms with E-state index in [0.717, 1.165) is 22.8 Å². The molecule has 0 fully saturated rings. The number of esters is 2. The first-order valence-electron chi connectivity index (χ1n) is 7.94. The number of benzene rings is 1. The molecule has 3 rings (SSSR count). The molecule has 126 valence electrons. The van der Waals surface area contributed by atoms with Gasteiger partial charge < -0.3 is 20.1 Å². The number of cyclic esters (lactones) is 2. The lowest BCUT2D eigenvalue weighted by molar-refractivity contribution is -0.144. The molecule has 0 amide bonds. The summed E-state index contributed by atoms with van der Waals surface area (Å²) >= 11 is 0. The molecule has 1 aromatic rings. The van der Waals surface area contributed by atoms with Gasteiger partial charge in [-0.2, -0.15) is 0 Å². The largest absolute Gasteiger partial charge is 0.459 e. The molecule has 1 aromatic carbocycles. The van der Waals surface area contributed by atoms with E-state index < -0.39 is 0 Å². The third kappa shape index (κ3) is 4.16. The molecule has 0 bridgehead atoms. The summed E-state index contributed by atoms with van der Waals surface area (Å²) in [5.41, 5.74) is 3.45. The molecule has 0 aromatic heterocycles. The van der Waals surface area contributed by atoms with E-state index in [9.17, 15) is 9.59 Å². The lowest BCUT2D eigenvalue weighted by Crippen LogP contribution is -2.22. The van der Waals surface area contributed by atoms with Crippen LogP contribution in [0.3, 0.4) is 0 Å². The highest BCUT2D eigenvalue weighted by Crippen LogP contribution is 2.22. The fraction of sp³-hybridized carbons (Fsp3) is 0.333. The SMILES string of the molecule is C[C@@H]1CC(Nc2ccc(NC3=CC(=O)O[C@@H](C)C3)cc2)=CC(=O)O1. The summed E-state index contributed by atoms with van der Waals surface area (Å²) in [5, 5.41) is 6.46.